The molecule has 1 unspecified atom stereocenters. The number of aromatic amines is 1. The van der Waals surface area contributed by atoms with Gasteiger partial charge in [-0.1, -0.05) is 85.0 Å². The average molecular weight is 677 g/mol. The van der Waals surface area contributed by atoms with Crippen molar-refractivity contribution in [3.63, 3.8) is 0 Å². The van der Waals surface area contributed by atoms with Crippen molar-refractivity contribution in [1.29, 1.82) is 0 Å². The molecule has 5 aromatic rings. The molecule has 1 fully saturated rings. The van der Waals surface area contributed by atoms with Crippen LogP contribution in [0.5, 0.6) is 0 Å². The van der Waals surface area contributed by atoms with Crippen LogP contribution in [0.3, 0.4) is 0 Å². The second-order valence-corrected chi connectivity index (χ2v) is 14.2. The van der Waals surface area contributed by atoms with E-state index in [1.165, 1.54) is 54.1 Å². The molecule has 0 bridgehead atoms. The standard InChI is InChI=1S/C36H36N8O4S/c45-34(39-35-40-42-43-41-35)29-19-17-28(18-20-29)33(27-15-13-25(14-16-27)24-7-2-1-3-8-24)38-36(46)37-30-10-6-11-31(23-30)49(47,48)44-22-21-26-9-4-5-12-32(26)44/h4-6,9-20,23-24,33H,1-3,7-8,21-22H2,(H2,37,38,46)(H2,39,40,41,42,43,45). The maximum Gasteiger partial charge on any atom is 0.319 e. The first-order valence-corrected chi connectivity index (χ1v) is 17.8. The van der Waals surface area contributed by atoms with Crippen LogP contribution in [-0.4, -0.2) is 47.5 Å². The molecular weight excluding hydrogens is 641 g/mol. The Hall–Kier alpha value is -5.56. The molecule has 2 heterocycles. The molecule has 49 heavy (non-hydrogen) atoms. The van der Waals surface area contributed by atoms with Crippen LogP contribution >= 0.6 is 0 Å². The number of tetrazole rings is 1. The third-order valence-corrected chi connectivity index (χ3v) is 11.0. The van der Waals surface area contributed by atoms with Crippen molar-refractivity contribution < 1.29 is 18.0 Å². The van der Waals surface area contributed by atoms with E-state index in [9.17, 15) is 18.0 Å². The zero-order chi connectivity index (χ0) is 33.8. The minimum atomic E-state index is -3.84. The lowest BCUT2D eigenvalue weighted by molar-refractivity contribution is 0.102. The van der Waals surface area contributed by atoms with Crippen LogP contribution in [0.2, 0.25) is 0 Å². The van der Waals surface area contributed by atoms with Crippen LogP contribution in [0.4, 0.5) is 22.1 Å². The van der Waals surface area contributed by atoms with Crippen LogP contribution in [0, 0.1) is 0 Å². The van der Waals surface area contributed by atoms with E-state index in [4.69, 9.17) is 0 Å². The number of amides is 3. The molecule has 4 aromatic carbocycles. The van der Waals surface area contributed by atoms with Gasteiger partial charge in [0.05, 0.1) is 16.6 Å². The van der Waals surface area contributed by atoms with Gasteiger partial charge in [0.25, 0.3) is 21.9 Å². The Morgan fingerprint density at radius 3 is 2.31 bits per heavy atom. The van der Waals surface area contributed by atoms with E-state index in [0.29, 0.717) is 35.8 Å². The van der Waals surface area contributed by atoms with Gasteiger partial charge < -0.3 is 10.6 Å². The number of para-hydroxylation sites is 1. The highest BCUT2D eigenvalue weighted by Crippen LogP contribution is 2.35. The van der Waals surface area contributed by atoms with Gasteiger partial charge in [0.15, 0.2) is 0 Å². The minimum Gasteiger partial charge on any atom is -0.327 e. The molecule has 250 valence electrons. The number of anilines is 3. The quantitative estimate of drug-likeness (QED) is 0.145. The summed E-state index contributed by atoms with van der Waals surface area (Å²) in [5.41, 5.74) is 5.28. The second kappa shape index (κ2) is 13.9. The topological polar surface area (TPSA) is 162 Å². The number of rotatable bonds is 9. The molecule has 12 nitrogen and oxygen atoms in total. The number of nitrogens with one attached hydrogen (secondary N) is 4. The molecule has 1 aromatic heterocycles. The van der Waals surface area contributed by atoms with Crippen molar-refractivity contribution in [3.05, 3.63) is 125 Å². The highest BCUT2D eigenvalue weighted by molar-refractivity contribution is 7.92. The Balaban J connectivity index is 1.11. The molecule has 0 radical (unpaired) electrons. The lowest BCUT2D eigenvalue weighted by Crippen LogP contribution is -2.33. The van der Waals surface area contributed by atoms with E-state index in [1.54, 1.807) is 36.4 Å². The van der Waals surface area contributed by atoms with Crippen LogP contribution in [0.15, 0.2) is 102 Å². The van der Waals surface area contributed by atoms with Crippen molar-refractivity contribution in [2.75, 3.05) is 21.5 Å². The van der Waals surface area contributed by atoms with E-state index in [1.807, 2.05) is 36.4 Å². The molecule has 1 atom stereocenters. The highest BCUT2D eigenvalue weighted by atomic mass is 32.2. The maximum absolute atomic E-state index is 13.6. The molecule has 0 saturated heterocycles. The molecule has 7 rings (SSSR count). The molecule has 13 heteroatoms. The predicted octanol–water partition coefficient (Wildman–Crippen LogP) is 6.16. The summed E-state index contributed by atoms with van der Waals surface area (Å²) in [4.78, 5) is 26.4. The Labute approximate surface area is 284 Å². The van der Waals surface area contributed by atoms with Gasteiger partial charge in [-0.15, -0.1) is 5.10 Å². The first-order chi connectivity index (χ1) is 23.8. The summed E-state index contributed by atoms with van der Waals surface area (Å²) in [5, 5.41) is 21.7. The summed E-state index contributed by atoms with van der Waals surface area (Å²) in [6, 6.07) is 27.9. The number of carbonyl (C=O) groups excluding carboxylic acids is 2. The van der Waals surface area contributed by atoms with Crippen molar-refractivity contribution in [2.24, 2.45) is 0 Å². The van der Waals surface area contributed by atoms with Gasteiger partial charge in [0.1, 0.15) is 0 Å². The Morgan fingerprint density at radius 1 is 0.837 bits per heavy atom. The summed E-state index contributed by atoms with van der Waals surface area (Å²) in [6.07, 6.45) is 6.74. The van der Waals surface area contributed by atoms with Crippen molar-refractivity contribution in [2.45, 2.75) is 55.4 Å². The Kier molecular flexibility index (Phi) is 9.07. The Morgan fingerprint density at radius 2 is 1.57 bits per heavy atom. The van der Waals surface area contributed by atoms with Crippen molar-refractivity contribution in [3.8, 4) is 0 Å². The molecular formula is C36H36N8O4S. The van der Waals surface area contributed by atoms with Crippen molar-refractivity contribution >= 4 is 39.3 Å². The number of nitrogens with zero attached hydrogens (tertiary/aromatic N) is 4. The summed E-state index contributed by atoms with van der Waals surface area (Å²) in [6.45, 7) is 0.360. The maximum atomic E-state index is 13.6. The van der Waals surface area contributed by atoms with E-state index in [2.05, 4.69) is 48.7 Å². The fraction of sp³-hybridized carbons (Fsp3) is 0.250. The number of hydrogen-bond donors (Lipinski definition) is 4. The number of aromatic nitrogens is 4. The number of carbonyl (C=O) groups is 2. The van der Waals surface area contributed by atoms with Crippen LogP contribution in [0.25, 0.3) is 0 Å². The van der Waals surface area contributed by atoms with E-state index < -0.39 is 28.0 Å². The number of fused-ring (bicyclic) bond motifs is 1. The van der Waals surface area contributed by atoms with E-state index in [0.717, 1.165) is 16.7 Å². The number of sulfonamides is 1. The lowest BCUT2D eigenvalue weighted by atomic mass is 9.83. The number of urea groups is 1. The summed E-state index contributed by atoms with van der Waals surface area (Å²) in [7, 11) is -3.84. The largest absolute Gasteiger partial charge is 0.327 e. The summed E-state index contributed by atoms with van der Waals surface area (Å²) >= 11 is 0. The lowest BCUT2D eigenvalue weighted by Gasteiger charge is -2.24. The molecule has 1 aliphatic heterocycles. The number of benzene rings is 4. The number of hydrogen-bond acceptors (Lipinski definition) is 7. The third-order valence-electron chi connectivity index (χ3n) is 9.22. The van der Waals surface area contributed by atoms with Gasteiger partial charge in [-0.3, -0.25) is 14.4 Å². The molecule has 0 spiro atoms. The van der Waals surface area contributed by atoms with Crippen LogP contribution < -0.4 is 20.3 Å². The minimum absolute atomic E-state index is 0.0606. The van der Waals surface area contributed by atoms with E-state index in [-0.39, 0.29) is 10.8 Å². The normalized spacial score (nSPS) is 15.3. The molecule has 3 amide bonds. The highest BCUT2D eigenvalue weighted by Gasteiger charge is 2.31. The van der Waals surface area contributed by atoms with Gasteiger partial charge in [-0.05, 0) is 89.0 Å². The van der Waals surface area contributed by atoms with Gasteiger partial charge in [0.2, 0.25) is 0 Å². The predicted molar refractivity (Wildman–Crippen MR) is 186 cm³/mol. The molecule has 2 aliphatic rings. The molecule has 1 aliphatic carbocycles. The van der Waals surface area contributed by atoms with Crippen LogP contribution in [0.1, 0.15) is 76.7 Å². The van der Waals surface area contributed by atoms with E-state index >= 15 is 0 Å². The first-order valence-electron chi connectivity index (χ1n) is 16.4. The summed E-state index contributed by atoms with van der Waals surface area (Å²) < 4.78 is 28.7. The third kappa shape index (κ3) is 7.02. The SMILES string of the molecule is O=C(Nc1cccc(S(=O)(=O)N2CCc3ccccc32)c1)NC(c1ccc(C(=O)Nc2nn[nH]n2)cc1)c1ccc(C2CCCCC2)cc1. The first kappa shape index (κ1) is 32.0. The molecule has 1 saturated carbocycles. The zero-order valence-electron chi connectivity index (χ0n) is 26.7. The monoisotopic (exact) mass is 676 g/mol. The fourth-order valence-electron chi connectivity index (χ4n) is 6.69. The van der Waals surface area contributed by atoms with Gasteiger partial charge >= 0.3 is 6.03 Å². The smallest absolute Gasteiger partial charge is 0.319 e. The number of H-pyrrole nitrogens is 1. The Bertz CT molecular complexity index is 2050. The average Bonchev–Trinajstić information content (AvgIpc) is 3.82. The molecule has 4 N–H and O–H groups in total. The van der Waals surface area contributed by atoms with Crippen molar-refractivity contribution in [1.82, 2.24) is 25.9 Å². The summed E-state index contributed by atoms with van der Waals surface area (Å²) in [5.74, 6) is 0.192. The fourth-order valence-corrected chi connectivity index (χ4v) is 8.24. The van der Waals surface area contributed by atoms with Gasteiger partial charge in [0, 0.05) is 17.8 Å². The van der Waals surface area contributed by atoms with Crippen LogP contribution in [-0.2, 0) is 16.4 Å². The zero-order valence-corrected chi connectivity index (χ0v) is 27.5. The van der Waals surface area contributed by atoms with Gasteiger partial charge in [-0.25, -0.2) is 13.2 Å². The van der Waals surface area contributed by atoms with Gasteiger partial charge in [-0.2, -0.15) is 5.21 Å². The second-order valence-electron chi connectivity index (χ2n) is 12.3.